The van der Waals surface area contributed by atoms with Gasteiger partial charge in [-0.15, -0.1) is 0 Å². The van der Waals surface area contributed by atoms with Gasteiger partial charge in [-0.25, -0.2) is 9.59 Å². The molecule has 2 aromatic heterocycles. The number of nitrogens with zero attached hydrogens (tertiary/aromatic N) is 2. The number of aliphatic carboxylic acids is 1. The standard InChI is InChI=1S/C26H36N6O11/c1-10(2)8-13(27)22(38)30-16(11(3)18(35)14-5-4-12(33)9-28-14)23(39)31-17(25(40)41)21-19(36)20(37)24(43-21)32-7-6-15(34)29-26(32)42/h4-7,9-11,13,16-21,24,33,35-37H,8,27H2,1-3H3,(H,30,38)(H,31,39)(H,40,41)(H,29,34,42)/t11-,13-,16-,17-,18-,19-,20+,21+,24+/m0/s1. The molecule has 10 N–H and O–H groups in total. The lowest BCUT2D eigenvalue weighted by molar-refractivity contribution is -0.150. The summed E-state index contributed by atoms with van der Waals surface area (Å²) in [5.41, 5.74) is 4.25. The van der Waals surface area contributed by atoms with Gasteiger partial charge < -0.3 is 46.6 Å². The second-order valence-corrected chi connectivity index (χ2v) is 10.8. The van der Waals surface area contributed by atoms with Crippen molar-refractivity contribution in [1.29, 1.82) is 0 Å². The number of nitrogens with two attached hydrogens (primary N) is 1. The zero-order valence-corrected chi connectivity index (χ0v) is 23.5. The van der Waals surface area contributed by atoms with E-state index in [9.17, 15) is 49.5 Å². The van der Waals surface area contributed by atoms with E-state index in [-0.39, 0.29) is 23.8 Å². The molecule has 3 rings (SSSR count). The van der Waals surface area contributed by atoms with E-state index in [1.807, 2.05) is 18.8 Å². The summed E-state index contributed by atoms with van der Waals surface area (Å²) in [5, 5.41) is 56.2. The third kappa shape index (κ3) is 7.82. The molecule has 236 valence electrons. The van der Waals surface area contributed by atoms with Crippen LogP contribution in [0, 0.1) is 11.8 Å². The minimum atomic E-state index is -2.03. The molecule has 3 heterocycles. The van der Waals surface area contributed by atoms with Crippen molar-refractivity contribution in [2.24, 2.45) is 17.6 Å². The molecule has 2 aromatic rings. The fourth-order valence-corrected chi connectivity index (χ4v) is 4.68. The molecule has 17 heteroatoms. The number of hydrogen-bond donors (Lipinski definition) is 9. The fourth-order valence-electron chi connectivity index (χ4n) is 4.68. The van der Waals surface area contributed by atoms with Crippen molar-refractivity contribution in [1.82, 2.24) is 25.2 Å². The summed E-state index contributed by atoms with van der Waals surface area (Å²) in [6.45, 7) is 5.04. The lowest BCUT2D eigenvalue weighted by Gasteiger charge is -2.31. The molecule has 43 heavy (non-hydrogen) atoms. The van der Waals surface area contributed by atoms with Crippen LogP contribution in [-0.2, 0) is 19.1 Å². The first-order chi connectivity index (χ1) is 20.1. The Balaban J connectivity index is 1.90. The first kappa shape index (κ1) is 33.3. The second-order valence-electron chi connectivity index (χ2n) is 10.8. The molecule has 2 amide bonds. The van der Waals surface area contributed by atoms with Crippen LogP contribution >= 0.6 is 0 Å². The maximum absolute atomic E-state index is 13.6. The molecule has 17 nitrogen and oxygen atoms in total. The molecule has 0 bridgehead atoms. The Labute approximate surface area is 244 Å². The predicted octanol–water partition coefficient (Wildman–Crippen LogP) is -2.95. The zero-order chi connectivity index (χ0) is 32.2. The van der Waals surface area contributed by atoms with E-state index < -0.39 is 83.7 Å². The molecule has 0 aromatic carbocycles. The van der Waals surface area contributed by atoms with Crippen molar-refractivity contribution in [2.75, 3.05) is 0 Å². The zero-order valence-electron chi connectivity index (χ0n) is 23.5. The predicted molar refractivity (Wildman–Crippen MR) is 146 cm³/mol. The molecular formula is C26H36N6O11. The van der Waals surface area contributed by atoms with E-state index in [1.165, 1.54) is 19.1 Å². The van der Waals surface area contributed by atoms with Gasteiger partial charge in [0.05, 0.1) is 17.9 Å². The Morgan fingerprint density at radius 3 is 2.33 bits per heavy atom. The lowest BCUT2D eigenvalue weighted by atomic mass is 9.91. The number of nitrogens with one attached hydrogen (secondary N) is 3. The number of ether oxygens (including phenoxy) is 1. The monoisotopic (exact) mass is 608 g/mol. The SMILES string of the molecule is CC(C)C[C@H](N)C(=O)N[C@H](C(=O)N[C@H](C(=O)O)[C@H]1O[C@@H](n2ccc(=O)[nH]c2=O)[C@H](O)[C@@H]1O)[C@H](C)[C@H](O)c1ccc(O)cn1. The van der Waals surface area contributed by atoms with Crippen LogP contribution in [0.1, 0.15) is 45.2 Å². The van der Waals surface area contributed by atoms with Crippen LogP contribution in [-0.4, -0.2) is 94.3 Å². The minimum absolute atomic E-state index is 0.0176. The van der Waals surface area contributed by atoms with Crippen molar-refractivity contribution in [3.8, 4) is 5.75 Å². The normalized spacial score (nSPS) is 23.6. The summed E-state index contributed by atoms with van der Waals surface area (Å²) in [6.07, 6.45) is -6.42. The highest BCUT2D eigenvalue weighted by Crippen LogP contribution is 2.31. The van der Waals surface area contributed by atoms with Crippen LogP contribution in [0.25, 0.3) is 0 Å². The number of pyridine rings is 1. The number of rotatable bonds is 12. The average Bonchev–Trinajstić information content (AvgIpc) is 3.22. The van der Waals surface area contributed by atoms with Crippen molar-refractivity contribution in [2.45, 2.75) is 76.0 Å². The van der Waals surface area contributed by atoms with Gasteiger partial charge in [0.2, 0.25) is 11.8 Å². The molecule has 1 aliphatic heterocycles. The van der Waals surface area contributed by atoms with Crippen LogP contribution in [0.4, 0.5) is 0 Å². The van der Waals surface area contributed by atoms with Crippen LogP contribution < -0.4 is 27.6 Å². The number of amides is 2. The number of aliphatic hydroxyl groups excluding tert-OH is 3. The van der Waals surface area contributed by atoms with Gasteiger partial charge in [-0.05, 0) is 24.5 Å². The molecule has 1 saturated heterocycles. The highest BCUT2D eigenvalue weighted by molar-refractivity contribution is 5.92. The maximum Gasteiger partial charge on any atom is 0.330 e. The van der Waals surface area contributed by atoms with Crippen molar-refractivity contribution >= 4 is 17.8 Å². The van der Waals surface area contributed by atoms with Crippen molar-refractivity contribution in [3.05, 3.63) is 57.1 Å². The average molecular weight is 609 g/mol. The number of carbonyl (C=O) groups is 3. The quantitative estimate of drug-likeness (QED) is 0.117. The minimum Gasteiger partial charge on any atom is -0.506 e. The Hall–Kier alpha value is -4.16. The van der Waals surface area contributed by atoms with Gasteiger partial charge in [-0.3, -0.25) is 28.9 Å². The van der Waals surface area contributed by atoms with E-state index in [1.54, 1.807) is 0 Å². The first-order valence-corrected chi connectivity index (χ1v) is 13.4. The molecule has 0 unspecified atom stereocenters. The van der Waals surface area contributed by atoms with E-state index in [4.69, 9.17) is 10.5 Å². The molecule has 0 spiro atoms. The Bertz CT molecular complexity index is 1410. The number of H-pyrrole nitrogens is 1. The Morgan fingerprint density at radius 1 is 1.09 bits per heavy atom. The summed E-state index contributed by atoms with van der Waals surface area (Å²) >= 11 is 0. The topological polar surface area (TPSA) is 279 Å². The number of carboxylic acid groups (broad SMARTS) is 1. The van der Waals surface area contributed by atoms with Gasteiger partial charge in [0.15, 0.2) is 12.3 Å². The van der Waals surface area contributed by atoms with Gasteiger partial charge in [0.1, 0.15) is 36.2 Å². The Kier molecular flexibility index (Phi) is 10.8. The number of carboxylic acids is 1. The highest BCUT2D eigenvalue weighted by Gasteiger charge is 2.50. The third-order valence-electron chi connectivity index (χ3n) is 7.03. The van der Waals surface area contributed by atoms with Gasteiger partial charge in [0, 0.05) is 18.2 Å². The summed E-state index contributed by atoms with van der Waals surface area (Å²) in [4.78, 5) is 68.2. The number of aliphatic hydroxyl groups is 3. The van der Waals surface area contributed by atoms with E-state index in [0.29, 0.717) is 0 Å². The molecule has 1 fully saturated rings. The van der Waals surface area contributed by atoms with E-state index >= 15 is 0 Å². The fraction of sp³-hybridized carbons (Fsp3) is 0.538. The summed E-state index contributed by atoms with van der Waals surface area (Å²) in [5.74, 6) is -4.89. The van der Waals surface area contributed by atoms with Gasteiger partial charge in [-0.1, -0.05) is 20.8 Å². The molecular weight excluding hydrogens is 572 g/mol. The molecule has 0 radical (unpaired) electrons. The molecule has 0 saturated carbocycles. The number of hydrogen-bond acceptors (Lipinski definition) is 12. The number of aromatic hydroxyl groups is 1. The third-order valence-corrected chi connectivity index (χ3v) is 7.03. The van der Waals surface area contributed by atoms with Crippen molar-refractivity contribution < 1.29 is 44.7 Å². The second kappa shape index (κ2) is 13.9. The van der Waals surface area contributed by atoms with Crippen LogP contribution in [0.3, 0.4) is 0 Å². The van der Waals surface area contributed by atoms with Gasteiger partial charge in [0.25, 0.3) is 5.56 Å². The van der Waals surface area contributed by atoms with Crippen LogP contribution in [0.2, 0.25) is 0 Å². The Morgan fingerprint density at radius 2 is 1.77 bits per heavy atom. The van der Waals surface area contributed by atoms with Gasteiger partial charge >= 0.3 is 11.7 Å². The number of carbonyl (C=O) groups excluding carboxylic acids is 2. The first-order valence-electron chi connectivity index (χ1n) is 13.4. The van der Waals surface area contributed by atoms with E-state index in [0.717, 1.165) is 23.0 Å². The van der Waals surface area contributed by atoms with E-state index in [2.05, 4.69) is 15.6 Å². The van der Waals surface area contributed by atoms with Crippen LogP contribution in [0.15, 0.2) is 40.2 Å². The largest absolute Gasteiger partial charge is 0.506 e. The van der Waals surface area contributed by atoms with Gasteiger partial charge in [-0.2, -0.15) is 0 Å². The lowest BCUT2D eigenvalue weighted by Crippen LogP contribution is -2.60. The summed E-state index contributed by atoms with van der Waals surface area (Å²) in [6, 6.07) is -1.19. The summed E-state index contributed by atoms with van der Waals surface area (Å²) in [7, 11) is 0. The molecule has 9 atom stereocenters. The van der Waals surface area contributed by atoms with Crippen molar-refractivity contribution in [3.63, 3.8) is 0 Å². The summed E-state index contributed by atoms with van der Waals surface area (Å²) < 4.78 is 6.24. The smallest absolute Gasteiger partial charge is 0.330 e. The highest BCUT2D eigenvalue weighted by atomic mass is 16.6. The van der Waals surface area contributed by atoms with Crippen LogP contribution in [0.5, 0.6) is 5.75 Å². The molecule has 1 aliphatic rings. The number of aromatic nitrogens is 3. The number of aromatic amines is 1. The molecule has 0 aliphatic carbocycles. The maximum atomic E-state index is 13.6.